The van der Waals surface area contributed by atoms with Crippen LogP contribution >= 0.6 is 0 Å². The Balaban J connectivity index is 2.25. The van der Waals surface area contributed by atoms with Crippen LogP contribution in [0.2, 0.25) is 0 Å². The monoisotopic (exact) mass is 278 g/mol. The summed E-state index contributed by atoms with van der Waals surface area (Å²) in [5.41, 5.74) is 1.13. The number of nitrogens with zero attached hydrogens (tertiary/aromatic N) is 3. The van der Waals surface area contributed by atoms with Crippen LogP contribution in [0.15, 0.2) is 0 Å². The molecule has 1 heterocycles. The summed E-state index contributed by atoms with van der Waals surface area (Å²) in [5.74, 6) is 3.57. The molecule has 0 unspecified atom stereocenters. The average molecular weight is 278 g/mol. The molecular weight excluding hydrogens is 252 g/mol. The first kappa shape index (κ1) is 15.0. The predicted molar refractivity (Wildman–Crippen MR) is 82.7 cm³/mol. The molecule has 2 rings (SSSR count). The van der Waals surface area contributed by atoms with Gasteiger partial charge < -0.3 is 15.0 Å². The van der Waals surface area contributed by atoms with E-state index in [-0.39, 0.29) is 0 Å². The lowest BCUT2D eigenvalue weighted by atomic mass is 10.2. The van der Waals surface area contributed by atoms with Crippen molar-refractivity contribution in [1.82, 2.24) is 9.97 Å². The van der Waals surface area contributed by atoms with Gasteiger partial charge in [0.25, 0.3) is 0 Å². The van der Waals surface area contributed by atoms with Gasteiger partial charge in [0.2, 0.25) is 0 Å². The first-order valence-corrected chi connectivity index (χ1v) is 7.49. The van der Waals surface area contributed by atoms with E-state index in [1.165, 1.54) is 12.8 Å². The van der Waals surface area contributed by atoms with Gasteiger partial charge in [-0.3, -0.25) is 0 Å². The van der Waals surface area contributed by atoms with E-state index >= 15 is 0 Å². The number of anilines is 2. The van der Waals surface area contributed by atoms with Gasteiger partial charge in [-0.05, 0) is 26.2 Å². The molecule has 0 amide bonds. The van der Waals surface area contributed by atoms with E-state index in [0.717, 1.165) is 42.5 Å². The molecule has 112 valence electrons. The lowest BCUT2D eigenvalue weighted by Gasteiger charge is -2.22. The Labute approximate surface area is 121 Å². The standard InChI is InChI=1S/C15H26N4O/c1-5-8-16-13-11(2)15(19(3)9-10-20-4)18-14(17-13)12-6-7-12/h12H,5-10H2,1-4H3,(H,16,17,18). The van der Waals surface area contributed by atoms with Crippen LogP contribution in [0.1, 0.15) is 43.5 Å². The fourth-order valence-corrected chi connectivity index (χ4v) is 2.17. The summed E-state index contributed by atoms with van der Waals surface area (Å²) in [6.07, 6.45) is 3.53. The van der Waals surface area contributed by atoms with Gasteiger partial charge in [0.1, 0.15) is 17.5 Å². The van der Waals surface area contributed by atoms with Gasteiger partial charge in [-0.1, -0.05) is 6.92 Å². The van der Waals surface area contributed by atoms with Gasteiger partial charge in [0.05, 0.1) is 6.61 Å². The second-order valence-electron chi connectivity index (χ2n) is 5.49. The van der Waals surface area contributed by atoms with Crippen molar-refractivity contribution in [1.29, 1.82) is 0 Å². The Hall–Kier alpha value is -1.36. The molecule has 1 aromatic rings. The van der Waals surface area contributed by atoms with Gasteiger partial charge in [0, 0.05) is 38.7 Å². The zero-order valence-electron chi connectivity index (χ0n) is 13.1. The molecule has 1 aliphatic rings. The van der Waals surface area contributed by atoms with Crippen molar-refractivity contribution >= 4 is 11.6 Å². The van der Waals surface area contributed by atoms with E-state index < -0.39 is 0 Å². The Morgan fingerprint density at radius 2 is 2.10 bits per heavy atom. The van der Waals surface area contributed by atoms with Crippen LogP contribution in [-0.4, -0.2) is 43.8 Å². The van der Waals surface area contributed by atoms with E-state index in [1.54, 1.807) is 7.11 Å². The molecule has 1 saturated carbocycles. The Morgan fingerprint density at radius 1 is 1.35 bits per heavy atom. The van der Waals surface area contributed by atoms with Gasteiger partial charge in [-0.15, -0.1) is 0 Å². The van der Waals surface area contributed by atoms with Gasteiger partial charge in [0.15, 0.2) is 0 Å². The van der Waals surface area contributed by atoms with E-state index in [0.29, 0.717) is 12.5 Å². The highest BCUT2D eigenvalue weighted by molar-refractivity contribution is 5.58. The molecule has 20 heavy (non-hydrogen) atoms. The lowest BCUT2D eigenvalue weighted by molar-refractivity contribution is 0.206. The third kappa shape index (κ3) is 3.60. The van der Waals surface area contributed by atoms with E-state index in [9.17, 15) is 0 Å². The second kappa shape index (κ2) is 6.88. The molecule has 0 spiro atoms. The number of hydrogen-bond donors (Lipinski definition) is 1. The molecule has 0 saturated heterocycles. The molecule has 1 fully saturated rings. The summed E-state index contributed by atoms with van der Waals surface area (Å²) < 4.78 is 5.16. The molecule has 0 aliphatic heterocycles. The molecule has 1 N–H and O–H groups in total. The van der Waals surface area contributed by atoms with Crippen molar-refractivity contribution in [2.75, 3.05) is 44.1 Å². The topological polar surface area (TPSA) is 50.3 Å². The van der Waals surface area contributed by atoms with Crippen molar-refractivity contribution in [3.63, 3.8) is 0 Å². The fraction of sp³-hybridized carbons (Fsp3) is 0.733. The lowest BCUT2D eigenvalue weighted by Crippen LogP contribution is -2.25. The van der Waals surface area contributed by atoms with Crippen LogP contribution in [0.4, 0.5) is 11.6 Å². The largest absolute Gasteiger partial charge is 0.383 e. The minimum absolute atomic E-state index is 0.562. The van der Waals surface area contributed by atoms with Crippen molar-refractivity contribution < 1.29 is 4.74 Å². The minimum atomic E-state index is 0.562. The minimum Gasteiger partial charge on any atom is -0.383 e. The second-order valence-corrected chi connectivity index (χ2v) is 5.49. The summed E-state index contributed by atoms with van der Waals surface area (Å²) >= 11 is 0. The number of ether oxygens (including phenoxy) is 1. The fourth-order valence-electron chi connectivity index (χ4n) is 2.17. The first-order chi connectivity index (χ1) is 9.67. The Kier molecular flexibility index (Phi) is 5.17. The van der Waals surface area contributed by atoms with Gasteiger partial charge in [-0.2, -0.15) is 0 Å². The maximum Gasteiger partial charge on any atom is 0.137 e. The number of hydrogen-bond acceptors (Lipinski definition) is 5. The molecule has 1 aromatic heterocycles. The smallest absolute Gasteiger partial charge is 0.137 e. The van der Waals surface area contributed by atoms with Crippen LogP contribution < -0.4 is 10.2 Å². The van der Waals surface area contributed by atoms with Crippen LogP contribution in [0, 0.1) is 6.92 Å². The average Bonchev–Trinajstić information content (AvgIpc) is 3.28. The van der Waals surface area contributed by atoms with Crippen LogP contribution in [-0.2, 0) is 4.74 Å². The SMILES string of the molecule is CCCNc1nc(C2CC2)nc(N(C)CCOC)c1C. The van der Waals surface area contributed by atoms with Crippen molar-refractivity contribution in [3.05, 3.63) is 11.4 Å². The molecule has 5 heteroatoms. The maximum absolute atomic E-state index is 5.16. The Bertz CT molecular complexity index is 446. The van der Waals surface area contributed by atoms with Gasteiger partial charge >= 0.3 is 0 Å². The van der Waals surface area contributed by atoms with Gasteiger partial charge in [-0.25, -0.2) is 9.97 Å². The number of methoxy groups -OCH3 is 1. The zero-order valence-corrected chi connectivity index (χ0v) is 13.1. The van der Waals surface area contributed by atoms with Crippen molar-refractivity contribution in [2.45, 2.75) is 39.0 Å². The number of likely N-dealkylation sites (N-methyl/N-ethyl adjacent to an activating group) is 1. The molecule has 5 nitrogen and oxygen atoms in total. The predicted octanol–water partition coefficient (Wildman–Crippen LogP) is 2.57. The summed E-state index contributed by atoms with van der Waals surface area (Å²) in [4.78, 5) is 11.6. The number of rotatable bonds is 8. The summed E-state index contributed by atoms with van der Waals surface area (Å²) in [6, 6.07) is 0. The molecular formula is C15H26N4O. The third-order valence-electron chi connectivity index (χ3n) is 3.61. The molecule has 0 bridgehead atoms. The van der Waals surface area contributed by atoms with E-state index in [4.69, 9.17) is 14.7 Å². The van der Waals surface area contributed by atoms with Crippen LogP contribution in [0.25, 0.3) is 0 Å². The quantitative estimate of drug-likeness (QED) is 0.792. The highest BCUT2D eigenvalue weighted by atomic mass is 16.5. The number of aromatic nitrogens is 2. The number of nitrogens with one attached hydrogen (secondary N) is 1. The highest BCUT2D eigenvalue weighted by Gasteiger charge is 2.28. The summed E-state index contributed by atoms with van der Waals surface area (Å²) in [5, 5.41) is 3.43. The highest BCUT2D eigenvalue weighted by Crippen LogP contribution is 2.39. The molecule has 0 aromatic carbocycles. The van der Waals surface area contributed by atoms with Crippen LogP contribution in [0.3, 0.4) is 0 Å². The maximum atomic E-state index is 5.16. The van der Waals surface area contributed by atoms with E-state index in [2.05, 4.69) is 31.1 Å². The Morgan fingerprint density at radius 3 is 2.70 bits per heavy atom. The van der Waals surface area contributed by atoms with Crippen molar-refractivity contribution in [2.24, 2.45) is 0 Å². The third-order valence-corrected chi connectivity index (χ3v) is 3.61. The molecule has 0 radical (unpaired) electrons. The van der Waals surface area contributed by atoms with E-state index in [1.807, 2.05) is 0 Å². The summed E-state index contributed by atoms with van der Waals surface area (Å²) in [6.45, 7) is 6.75. The first-order valence-electron chi connectivity index (χ1n) is 7.49. The normalized spacial score (nSPS) is 14.4. The zero-order chi connectivity index (χ0) is 14.5. The summed E-state index contributed by atoms with van der Waals surface area (Å²) in [7, 11) is 3.79. The molecule has 1 aliphatic carbocycles. The van der Waals surface area contributed by atoms with Crippen molar-refractivity contribution in [3.8, 4) is 0 Å². The van der Waals surface area contributed by atoms with Crippen LogP contribution in [0.5, 0.6) is 0 Å². The molecule has 0 atom stereocenters.